The molecule has 1 aromatic heterocycles. The number of hydrogen-bond acceptors (Lipinski definition) is 4. The van der Waals surface area contributed by atoms with Crippen LogP contribution in [-0.2, 0) is 11.3 Å². The Hall–Kier alpha value is -2.05. The summed E-state index contributed by atoms with van der Waals surface area (Å²) in [6, 6.07) is 0. The third kappa shape index (κ3) is 6.47. The second kappa shape index (κ2) is 10.6. The molecule has 0 aliphatic heterocycles. The van der Waals surface area contributed by atoms with Gasteiger partial charge in [0, 0.05) is 19.5 Å². The molecule has 7 heteroatoms. The third-order valence-electron chi connectivity index (χ3n) is 5.61. The van der Waals surface area contributed by atoms with Crippen molar-refractivity contribution in [1.29, 1.82) is 0 Å². The van der Waals surface area contributed by atoms with Gasteiger partial charge in [-0.25, -0.2) is 4.79 Å². The summed E-state index contributed by atoms with van der Waals surface area (Å²) < 4.78 is 1.37. The topological polar surface area (TPSA) is 101 Å². The van der Waals surface area contributed by atoms with Crippen LogP contribution < -0.4 is 21.9 Å². The molecule has 1 aliphatic rings. The van der Waals surface area contributed by atoms with Crippen molar-refractivity contribution in [2.24, 2.45) is 17.8 Å². The number of nitrogens with one attached hydrogen (secondary N) is 1. The van der Waals surface area contributed by atoms with Gasteiger partial charge in [-0.3, -0.25) is 19.1 Å². The summed E-state index contributed by atoms with van der Waals surface area (Å²) in [5.41, 5.74) is 5.24. The number of H-pyrrole nitrogens is 1. The molecule has 1 aliphatic carbocycles. The molecule has 164 valence electrons. The van der Waals surface area contributed by atoms with Gasteiger partial charge in [0.1, 0.15) is 5.82 Å². The quantitative estimate of drug-likeness (QED) is 0.655. The van der Waals surface area contributed by atoms with Gasteiger partial charge in [0.2, 0.25) is 5.91 Å². The summed E-state index contributed by atoms with van der Waals surface area (Å²) >= 11 is 0. The molecule has 1 fully saturated rings. The van der Waals surface area contributed by atoms with Crippen LogP contribution in [0.15, 0.2) is 9.59 Å². The van der Waals surface area contributed by atoms with E-state index in [-0.39, 0.29) is 29.2 Å². The van der Waals surface area contributed by atoms with Gasteiger partial charge in [0.05, 0.1) is 0 Å². The van der Waals surface area contributed by atoms with Crippen molar-refractivity contribution >= 4 is 17.4 Å². The van der Waals surface area contributed by atoms with Gasteiger partial charge in [-0.15, -0.1) is 0 Å². The molecule has 0 unspecified atom stereocenters. The van der Waals surface area contributed by atoms with Crippen molar-refractivity contribution in [3.05, 3.63) is 20.8 Å². The largest absolute Gasteiger partial charge is 0.383 e. The van der Waals surface area contributed by atoms with Crippen LogP contribution in [0.2, 0.25) is 0 Å². The van der Waals surface area contributed by atoms with Gasteiger partial charge in [-0.2, -0.15) is 0 Å². The lowest BCUT2D eigenvalue weighted by molar-refractivity contribution is -0.118. The van der Waals surface area contributed by atoms with Gasteiger partial charge in [0.15, 0.2) is 5.69 Å². The lowest BCUT2D eigenvalue weighted by atomic mass is 9.86. The lowest BCUT2D eigenvalue weighted by Gasteiger charge is -2.27. The monoisotopic (exact) mass is 406 g/mol. The first kappa shape index (κ1) is 23.2. The SMILES string of the molecule is CC(C)CN(C(=O)CCCC1CCCCC1)c1c(N)n(CC(C)C)c(=O)[nH]c1=O. The first-order chi connectivity index (χ1) is 13.7. The molecular weight excluding hydrogens is 368 g/mol. The van der Waals surface area contributed by atoms with Crippen LogP contribution in [-0.4, -0.2) is 22.0 Å². The fraction of sp³-hybridized carbons (Fsp3) is 0.773. The van der Waals surface area contributed by atoms with Crippen LogP contribution in [0.1, 0.15) is 79.1 Å². The minimum atomic E-state index is -0.589. The highest BCUT2D eigenvalue weighted by molar-refractivity contribution is 5.95. The molecule has 0 spiro atoms. The zero-order valence-corrected chi connectivity index (χ0v) is 18.5. The van der Waals surface area contributed by atoms with E-state index in [4.69, 9.17) is 5.73 Å². The Labute approximate surface area is 173 Å². The number of anilines is 2. The predicted octanol–water partition coefficient (Wildman–Crippen LogP) is 3.51. The van der Waals surface area contributed by atoms with Crippen LogP contribution in [0.25, 0.3) is 0 Å². The maximum Gasteiger partial charge on any atom is 0.330 e. The fourth-order valence-electron chi connectivity index (χ4n) is 4.22. The van der Waals surface area contributed by atoms with Crippen molar-refractivity contribution in [3.8, 4) is 0 Å². The summed E-state index contributed by atoms with van der Waals surface area (Å²) in [5.74, 6) is 1.05. The molecule has 1 amide bonds. The summed E-state index contributed by atoms with van der Waals surface area (Å²) in [5, 5.41) is 0. The summed E-state index contributed by atoms with van der Waals surface area (Å²) in [6.45, 7) is 8.72. The van der Waals surface area contributed by atoms with Crippen molar-refractivity contribution in [3.63, 3.8) is 0 Å². The smallest absolute Gasteiger partial charge is 0.330 e. The average Bonchev–Trinajstić information content (AvgIpc) is 2.64. The minimum Gasteiger partial charge on any atom is -0.383 e. The summed E-state index contributed by atoms with van der Waals surface area (Å²) in [6.07, 6.45) is 8.70. The molecule has 7 nitrogen and oxygen atoms in total. The third-order valence-corrected chi connectivity index (χ3v) is 5.61. The molecule has 0 aromatic carbocycles. The van der Waals surface area contributed by atoms with Crippen LogP contribution >= 0.6 is 0 Å². The molecule has 0 atom stereocenters. The number of aromatic nitrogens is 2. The molecule has 0 radical (unpaired) electrons. The standard InChI is InChI=1S/C22H38N4O3/c1-15(2)13-25(18(27)12-8-11-17-9-6-5-7-10-17)19-20(23)26(14-16(3)4)22(29)24-21(19)28/h15-17H,5-14,23H2,1-4H3,(H,24,28,29). The lowest BCUT2D eigenvalue weighted by Crippen LogP contribution is -2.43. The van der Waals surface area contributed by atoms with Crippen LogP contribution in [0.5, 0.6) is 0 Å². The fourth-order valence-corrected chi connectivity index (χ4v) is 4.22. The molecular formula is C22H38N4O3. The molecule has 1 aromatic rings. The van der Waals surface area contributed by atoms with E-state index in [0.717, 1.165) is 18.8 Å². The van der Waals surface area contributed by atoms with Crippen molar-refractivity contribution in [1.82, 2.24) is 9.55 Å². The van der Waals surface area contributed by atoms with Crippen molar-refractivity contribution in [2.45, 2.75) is 85.6 Å². The molecule has 1 heterocycles. The van der Waals surface area contributed by atoms with Gasteiger partial charge < -0.3 is 10.6 Å². The van der Waals surface area contributed by atoms with Gasteiger partial charge in [-0.1, -0.05) is 59.8 Å². The number of nitrogens with two attached hydrogens (primary N) is 1. The number of amides is 1. The van der Waals surface area contributed by atoms with Crippen LogP contribution in [0.4, 0.5) is 11.5 Å². The molecule has 0 saturated heterocycles. The summed E-state index contributed by atoms with van der Waals surface area (Å²) in [7, 11) is 0. The maximum absolute atomic E-state index is 13.1. The number of aromatic amines is 1. The highest BCUT2D eigenvalue weighted by atomic mass is 16.2. The van der Waals surface area contributed by atoms with E-state index >= 15 is 0 Å². The number of nitrogen functional groups attached to an aromatic ring is 1. The van der Waals surface area contributed by atoms with E-state index in [1.165, 1.54) is 41.6 Å². The Morgan fingerprint density at radius 2 is 1.79 bits per heavy atom. The van der Waals surface area contributed by atoms with E-state index in [1.807, 2.05) is 27.7 Å². The number of hydrogen-bond donors (Lipinski definition) is 2. The van der Waals surface area contributed by atoms with E-state index < -0.39 is 11.2 Å². The Bertz CT molecular complexity index is 788. The normalized spacial score (nSPS) is 15.2. The highest BCUT2D eigenvalue weighted by Crippen LogP contribution is 2.28. The number of carbonyl (C=O) groups is 1. The Kier molecular flexibility index (Phi) is 8.53. The molecule has 3 N–H and O–H groups in total. The van der Waals surface area contributed by atoms with Gasteiger partial charge >= 0.3 is 5.69 Å². The van der Waals surface area contributed by atoms with Gasteiger partial charge in [-0.05, 0) is 30.6 Å². The average molecular weight is 407 g/mol. The first-order valence-electron chi connectivity index (χ1n) is 11.1. The zero-order valence-electron chi connectivity index (χ0n) is 18.5. The van der Waals surface area contributed by atoms with Crippen molar-refractivity contribution in [2.75, 3.05) is 17.2 Å². The molecule has 2 rings (SSSR count). The van der Waals surface area contributed by atoms with E-state index in [9.17, 15) is 14.4 Å². The number of nitrogens with zero attached hydrogens (tertiary/aromatic N) is 2. The number of carbonyl (C=O) groups excluding carboxylic acids is 1. The molecule has 0 bridgehead atoms. The molecule has 29 heavy (non-hydrogen) atoms. The van der Waals surface area contributed by atoms with E-state index in [1.54, 1.807) is 0 Å². The summed E-state index contributed by atoms with van der Waals surface area (Å²) in [4.78, 5) is 41.8. The highest BCUT2D eigenvalue weighted by Gasteiger charge is 2.25. The second-order valence-corrected chi connectivity index (χ2v) is 9.29. The maximum atomic E-state index is 13.1. The van der Waals surface area contributed by atoms with Crippen LogP contribution in [0.3, 0.4) is 0 Å². The Morgan fingerprint density at radius 3 is 2.38 bits per heavy atom. The predicted molar refractivity (Wildman–Crippen MR) is 118 cm³/mol. The van der Waals surface area contributed by atoms with Crippen LogP contribution in [0, 0.1) is 17.8 Å². The molecule has 1 saturated carbocycles. The van der Waals surface area contributed by atoms with E-state index in [2.05, 4.69) is 4.98 Å². The second-order valence-electron chi connectivity index (χ2n) is 9.29. The van der Waals surface area contributed by atoms with Crippen molar-refractivity contribution < 1.29 is 4.79 Å². The Morgan fingerprint density at radius 1 is 1.14 bits per heavy atom. The Balaban J connectivity index is 2.23. The van der Waals surface area contributed by atoms with Gasteiger partial charge in [0.25, 0.3) is 5.56 Å². The zero-order chi connectivity index (χ0) is 21.6. The van der Waals surface area contributed by atoms with E-state index in [0.29, 0.717) is 19.5 Å². The minimum absolute atomic E-state index is 0.0775. The first-order valence-corrected chi connectivity index (χ1v) is 11.1. The number of rotatable bonds is 9.